The van der Waals surface area contributed by atoms with E-state index in [1.165, 1.54) is 12.8 Å². The molecule has 1 fully saturated rings. The molecule has 0 saturated heterocycles. The lowest BCUT2D eigenvalue weighted by molar-refractivity contribution is 0.0944. The summed E-state index contributed by atoms with van der Waals surface area (Å²) < 4.78 is 0. The first kappa shape index (κ1) is 13.6. The smallest absolute Gasteiger partial charge is 0.270 e. The van der Waals surface area contributed by atoms with Crippen molar-refractivity contribution in [3.63, 3.8) is 0 Å². The van der Waals surface area contributed by atoms with Crippen LogP contribution in [0.4, 0.5) is 0 Å². The highest BCUT2D eigenvalue weighted by Gasteiger charge is 2.23. The third-order valence-electron chi connectivity index (χ3n) is 3.92. The minimum Gasteiger partial charge on any atom is -0.350 e. The van der Waals surface area contributed by atoms with Gasteiger partial charge in [0.15, 0.2) is 0 Å². The quantitative estimate of drug-likeness (QED) is 0.873. The summed E-state index contributed by atoms with van der Waals surface area (Å²) in [6.07, 6.45) is 5.22. The Labute approximate surface area is 126 Å². The number of carbonyl (C=O) groups is 1. The molecule has 1 aromatic heterocycles. The van der Waals surface area contributed by atoms with Gasteiger partial charge in [0.1, 0.15) is 5.69 Å². The van der Waals surface area contributed by atoms with E-state index in [9.17, 15) is 4.79 Å². The summed E-state index contributed by atoms with van der Waals surface area (Å²) >= 11 is 3.64. The van der Waals surface area contributed by atoms with Gasteiger partial charge in [-0.05, 0) is 36.6 Å². The normalized spacial score (nSPS) is 22.1. The van der Waals surface area contributed by atoms with Crippen LogP contribution in [0.15, 0.2) is 36.5 Å². The first-order valence-corrected chi connectivity index (χ1v) is 7.91. The number of amides is 1. The minimum atomic E-state index is -0.0696. The van der Waals surface area contributed by atoms with Gasteiger partial charge in [-0.25, -0.2) is 0 Å². The zero-order valence-electron chi connectivity index (χ0n) is 11.2. The summed E-state index contributed by atoms with van der Waals surface area (Å²) in [6.45, 7) is 0.742. The van der Waals surface area contributed by atoms with Crippen LogP contribution in [0.1, 0.15) is 29.8 Å². The number of alkyl halides is 1. The van der Waals surface area contributed by atoms with Crippen molar-refractivity contribution in [3.05, 3.63) is 42.2 Å². The van der Waals surface area contributed by atoms with Crippen LogP contribution in [0.25, 0.3) is 10.8 Å². The number of rotatable bonds is 3. The predicted octanol–water partition coefficient (Wildman–Crippen LogP) is 3.53. The van der Waals surface area contributed by atoms with Crippen LogP contribution in [0.5, 0.6) is 0 Å². The molecule has 1 N–H and O–H groups in total. The third kappa shape index (κ3) is 2.85. The van der Waals surface area contributed by atoms with E-state index in [1.54, 1.807) is 6.20 Å². The van der Waals surface area contributed by atoms with E-state index >= 15 is 0 Å². The van der Waals surface area contributed by atoms with Crippen molar-refractivity contribution < 1.29 is 4.79 Å². The first-order chi connectivity index (χ1) is 9.74. The fourth-order valence-electron chi connectivity index (χ4n) is 2.82. The van der Waals surface area contributed by atoms with Crippen molar-refractivity contribution in [2.24, 2.45) is 5.92 Å². The number of benzene rings is 1. The summed E-state index contributed by atoms with van der Waals surface area (Å²) in [5, 5.41) is 5.00. The van der Waals surface area contributed by atoms with Crippen molar-refractivity contribution in [2.45, 2.75) is 24.1 Å². The van der Waals surface area contributed by atoms with Crippen LogP contribution in [-0.4, -0.2) is 22.3 Å². The van der Waals surface area contributed by atoms with Crippen LogP contribution < -0.4 is 5.32 Å². The highest BCUT2D eigenvalue weighted by Crippen LogP contribution is 2.30. The van der Waals surface area contributed by atoms with Gasteiger partial charge in [-0.2, -0.15) is 0 Å². The number of pyridine rings is 1. The fourth-order valence-corrected chi connectivity index (χ4v) is 3.61. The number of carbonyl (C=O) groups excluding carboxylic acids is 1. The summed E-state index contributed by atoms with van der Waals surface area (Å²) in [7, 11) is 0. The van der Waals surface area contributed by atoms with E-state index in [-0.39, 0.29) is 5.91 Å². The summed E-state index contributed by atoms with van der Waals surface area (Å²) in [4.78, 5) is 17.2. The molecule has 2 unspecified atom stereocenters. The van der Waals surface area contributed by atoms with Gasteiger partial charge in [0, 0.05) is 23.0 Å². The largest absolute Gasteiger partial charge is 0.350 e. The first-order valence-electron chi connectivity index (χ1n) is 7.00. The molecule has 4 heteroatoms. The maximum Gasteiger partial charge on any atom is 0.270 e. The second-order valence-corrected chi connectivity index (χ2v) is 6.66. The lowest BCUT2D eigenvalue weighted by Gasteiger charge is -2.11. The molecule has 2 aromatic rings. The maximum atomic E-state index is 12.3. The molecule has 1 heterocycles. The molecule has 0 aliphatic heterocycles. The Kier molecular flexibility index (Phi) is 4.01. The predicted molar refractivity (Wildman–Crippen MR) is 84.1 cm³/mol. The minimum absolute atomic E-state index is 0.0696. The van der Waals surface area contributed by atoms with Gasteiger partial charge in [0.2, 0.25) is 0 Å². The van der Waals surface area contributed by atoms with E-state index < -0.39 is 0 Å². The second-order valence-electron chi connectivity index (χ2n) is 5.37. The Hall–Kier alpha value is -1.42. The highest BCUT2D eigenvalue weighted by molar-refractivity contribution is 9.09. The summed E-state index contributed by atoms with van der Waals surface area (Å²) in [5.41, 5.74) is 0.525. The Morgan fingerprint density at radius 2 is 2.15 bits per heavy atom. The number of nitrogens with zero attached hydrogens (tertiary/aromatic N) is 1. The average Bonchev–Trinajstić information content (AvgIpc) is 2.90. The number of aromatic nitrogens is 1. The molecule has 1 amide bonds. The van der Waals surface area contributed by atoms with E-state index in [2.05, 4.69) is 26.2 Å². The van der Waals surface area contributed by atoms with Crippen molar-refractivity contribution in [3.8, 4) is 0 Å². The van der Waals surface area contributed by atoms with Crippen molar-refractivity contribution >= 4 is 32.6 Å². The fraction of sp³-hybridized carbons (Fsp3) is 0.375. The van der Waals surface area contributed by atoms with Crippen LogP contribution in [0.2, 0.25) is 0 Å². The number of nitrogens with one attached hydrogen (secondary N) is 1. The lowest BCUT2D eigenvalue weighted by Crippen LogP contribution is -2.29. The maximum absolute atomic E-state index is 12.3. The Morgan fingerprint density at radius 3 is 2.95 bits per heavy atom. The molecule has 0 radical (unpaired) electrons. The molecule has 1 saturated carbocycles. The Morgan fingerprint density at radius 1 is 1.30 bits per heavy atom. The van der Waals surface area contributed by atoms with Crippen molar-refractivity contribution in [1.29, 1.82) is 0 Å². The van der Waals surface area contributed by atoms with Crippen LogP contribution in [-0.2, 0) is 0 Å². The average molecular weight is 333 g/mol. The van der Waals surface area contributed by atoms with Crippen molar-refractivity contribution in [2.75, 3.05) is 6.54 Å². The van der Waals surface area contributed by atoms with Crippen LogP contribution >= 0.6 is 15.9 Å². The molecule has 2 atom stereocenters. The van der Waals surface area contributed by atoms with E-state index in [4.69, 9.17) is 0 Å². The van der Waals surface area contributed by atoms with Gasteiger partial charge < -0.3 is 5.32 Å². The molecule has 3 nitrogen and oxygen atoms in total. The highest BCUT2D eigenvalue weighted by atomic mass is 79.9. The van der Waals surface area contributed by atoms with E-state index in [1.807, 2.05) is 30.3 Å². The molecule has 1 aliphatic rings. The Bertz CT molecular complexity index is 623. The van der Waals surface area contributed by atoms with Crippen LogP contribution in [0, 0.1) is 5.92 Å². The van der Waals surface area contributed by atoms with Gasteiger partial charge in [-0.1, -0.05) is 40.2 Å². The molecule has 1 aliphatic carbocycles. The third-order valence-corrected chi connectivity index (χ3v) is 4.75. The Balaban J connectivity index is 1.72. The zero-order chi connectivity index (χ0) is 13.9. The van der Waals surface area contributed by atoms with Gasteiger partial charge in [0.25, 0.3) is 5.91 Å². The topological polar surface area (TPSA) is 42.0 Å². The van der Waals surface area contributed by atoms with Crippen molar-refractivity contribution in [1.82, 2.24) is 10.3 Å². The van der Waals surface area contributed by atoms with Gasteiger partial charge in [-0.15, -0.1) is 0 Å². The molecule has 3 rings (SSSR count). The van der Waals surface area contributed by atoms with E-state index in [0.29, 0.717) is 16.4 Å². The van der Waals surface area contributed by atoms with Gasteiger partial charge in [0.05, 0.1) is 0 Å². The molecular formula is C16H17BrN2O. The lowest BCUT2D eigenvalue weighted by atomic mass is 10.1. The number of halogens is 1. The molecule has 0 bridgehead atoms. The van der Waals surface area contributed by atoms with Gasteiger partial charge >= 0.3 is 0 Å². The molecule has 20 heavy (non-hydrogen) atoms. The molecule has 1 aromatic carbocycles. The zero-order valence-corrected chi connectivity index (χ0v) is 12.8. The van der Waals surface area contributed by atoms with Gasteiger partial charge in [-0.3, -0.25) is 9.78 Å². The standard InChI is InChI=1S/C16H17BrN2O/c17-13-6-5-11(9-13)10-19-16(20)15-14-4-2-1-3-12(14)7-8-18-15/h1-4,7-8,11,13H,5-6,9-10H2,(H,19,20). The van der Waals surface area contributed by atoms with E-state index in [0.717, 1.165) is 23.7 Å². The second kappa shape index (κ2) is 5.92. The number of hydrogen-bond donors (Lipinski definition) is 1. The summed E-state index contributed by atoms with van der Waals surface area (Å²) in [6, 6.07) is 9.78. The van der Waals surface area contributed by atoms with Crippen LogP contribution in [0.3, 0.4) is 0 Å². The molecule has 0 spiro atoms. The number of fused-ring (bicyclic) bond motifs is 1. The monoisotopic (exact) mass is 332 g/mol. The molecular weight excluding hydrogens is 316 g/mol. The number of hydrogen-bond acceptors (Lipinski definition) is 2. The summed E-state index contributed by atoms with van der Waals surface area (Å²) in [5.74, 6) is 0.512. The SMILES string of the molecule is O=C(NCC1CCC(Br)C1)c1nccc2ccccc12. The molecule has 104 valence electrons.